The first-order valence-electron chi connectivity index (χ1n) is 8.38. The number of carbonyl (C=O) groups excluding carboxylic acids is 2. The predicted octanol–water partition coefficient (Wildman–Crippen LogP) is 4.27. The van der Waals surface area contributed by atoms with Gasteiger partial charge in [0.1, 0.15) is 0 Å². The maximum atomic E-state index is 12.6. The number of halogens is 1. The number of benzene rings is 2. The molecular weight excluding hydrogens is 350 g/mol. The fourth-order valence-electron chi connectivity index (χ4n) is 3.16. The summed E-state index contributed by atoms with van der Waals surface area (Å²) in [5.74, 6) is -0.128. The van der Waals surface area contributed by atoms with E-state index >= 15 is 0 Å². The van der Waals surface area contributed by atoms with Crippen molar-refractivity contribution in [3.8, 4) is 0 Å². The third kappa shape index (κ3) is 3.13. The SMILES string of the molecule is O=C(Nc1cc(Cl)cc2cccnc12)c1ccc(N2CCCC2=O)cc1. The van der Waals surface area contributed by atoms with Crippen LogP contribution in [-0.4, -0.2) is 23.3 Å². The van der Waals surface area contributed by atoms with Gasteiger partial charge in [-0.25, -0.2) is 0 Å². The molecule has 1 fully saturated rings. The molecule has 4 rings (SSSR count). The number of carbonyl (C=O) groups is 2. The van der Waals surface area contributed by atoms with Gasteiger partial charge in [-0.3, -0.25) is 14.6 Å². The van der Waals surface area contributed by atoms with E-state index in [4.69, 9.17) is 11.6 Å². The molecule has 0 saturated carbocycles. The Labute approximate surface area is 155 Å². The van der Waals surface area contributed by atoms with E-state index in [1.54, 1.807) is 47.5 Å². The second-order valence-electron chi connectivity index (χ2n) is 6.18. The van der Waals surface area contributed by atoms with Crippen LogP contribution in [0.2, 0.25) is 5.02 Å². The van der Waals surface area contributed by atoms with Crippen molar-refractivity contribution < 1.29 is 9.59 Å². The molecule has 6 heteroatoms. The first kappa shape index (κ1) is 16.5. The van der Waals surface area contributed by atoms with E-state index in [0.29, 0.717) is 28.2 Å². The lowest BCUT2D eigenvalue weighted by molar-refractivity contribution is -0.117. The third-order valence-corrected chi connectivity index (χ3v) is 4.65. The first-order chi connectivity index (χ1) is 12.6. The van der Waals surface area contributed by atoms with Crippen LogP contribution in [0.4, 0.5) is 11.4 Å². The Morgan fingerprint density at radius 2 is 1.96 bits per heavy atom. The zero-order valence-electron chi connectivity index (χ0n) is 13.9. The fraction of sp³-hybridized carbons (Fsp3) is 0.150. The molecule has 3 aromatic rings. The average molecular weight is 366 g/mol. The van der Waals surface area contributed by atoms with E-state index in [1.165, 1.54) is 0 Å². The van der Waals surface area contributed by atoms with E-state index < -0.39 is 0 Å². The summed E-state index contributed by atoms with van der Waals surface area (Å²) in [5.41, 5.74) is 2.57. The normalized spacial score (nSPS) is 14.0. The second kappa shape index (κ2) is 6.77. The lowest BCUT2D eigenvalue weighted by Crippen LogP contribution is -2.23. The highest BCUT2D eigenvalue weighted by Crippen LogP contribution is 2.27. The van der Waals surface area contributed by atoms with Crippen LogP contribution in [0.15, 0.2) is 54.7 Å². The van der Waals surface area contributed by atoms with Crippen LogP contribution < -0.4 is 10.2 Å². The van der Waals surface area contributed by atoms with Gasteiger partial charge in [0.05, 0.1) is 11.2 Å². The Balaban J connectivity index is 1.58. The summed E-state index contributed by atoms with van der Waals surface area (Å²) in [6.45, 7) is 0.727. The Morgan fingerprint density at radius 3 is 2.69 bits per heavy atom. The van der Waals surface area contributed by atoms with Crippen molar-refractivity contribution in [1.82, 2.24) is 4.98 Å². The molecule has 1 N–H and O–H groups in total. The van der Waals surface area contributed by atoms with Gasteiger partial charge >= 0.3 is 0 Å². The second-order valence-corrected chi connectivity index (χ2v) is 6.61. The van der Waals surface area contributed by atoms with E-state index in [0.717, 1.165) is 24.0 Å². The van der Waals surface area contributed by atoms with Crippen molar-refractivity contribution >= 4 is 45.7 Å². The van der Waals surface area contributed by atoms with E-state index in [9.17, 15) is 9.59 Å². The van der Waals surface area contributed by atoms with E-state index in [1.807, 2.05) is 12.1 Å². The number of nitrogens with one attached hydrogen (secondary N) is 1. The standard InChI is InChI=1S/C20H16ClN3O2/c21-15-11-14-3-1-9-22-19(14)17(12-15)23-20(26)13-5-7-16(8-6-13)24-10-2-4-18(24)25/h1,3,5-9,11-12H,2,4,10H2,(H,23,26). The summed E-state index contributed by atoms with van der Waals surface area (Å²) in [7, 11) is 0. The first-order valence-corrected chi connectivity index (χ1v) is 8.76. The number of aromatic nitrogens is 1. The van der Waals surface area contributed by atoms with Gasteiger partial charge in [-0.2, -0.15) is 0 Å². The minimum absolute atomic E-state index is 0.124. The van der Waals surface area contributed by atoms with Crippen molar-refractivity contribution in [2.75, 3.05) is 16.8 Å². The molecule has 5 nitrogen and oxygen atoms in total. The molecule has 0 spiro atoms. The van der Waals surface area contributed by atoms with Crippen LogP contribution in [-0.2, 0) is 4.79 Å². The summed E-state index contributed by atoms with van der Waals surface area (Å²) >= 11 is 6.14. The van der Waals surface area contributed by atoms with E-state index in [2.05, 4.69) is 10.3 Å². The van der Waals surface area contributed by atoms with Crippen molar-refractivity contribution in [2.24, 2.45) is 0 Å². The molecule has 0 unspecified atom stereocenters. The molecule has 1 aliphatic heterocycles. The van der Waals surface area contributed by atoms with Crippen LogP contribution in [0.3, 0.4) is 0 Å². The molecule has 130 valence electrons. The molecule has 0 radical (unpaired) electrons. The fourth-order valence-corrected chi connectivity index (χ4v) is 3.39. The lowest BCUT2D eigenvalue weighted by Gasteiger charge is -2.16. The minimum atomic E-state index is -0.251. The third-order valence-electron chi connectivity index (χ3n) is 4.43. The predicted molar refractivity (Wildman–Crippen MR) is 103 cm³/mol. The zero-order valence-corrected chi connectivity index (χ0v) is 14.7. The number of fused-ring (bicyclic) bond motifs is 1. The van der Waals surface area contributed by atoms with E-state index in [-0.39, 0.29) is 11.8 Å². The van der Waals surface area contributed by atoms with Crippen LogP contribution in [0, 0.1) is 0 Å². The van der Waals surface area contributed by atoms with Crippen molar-refractivity contribution in [3.05, 3.63) is 65.3 Å². The van der Waals surface area contributed by atoms with Gasteiger partial charge in [-0.05, 0) is 48.9 Å². The number of pyridine rings is 1. The number of rotatable bonds is 3. The van der Waals surface area contributed by atoms with Crippen LogP contribution in [0.1, 0.15) is 23.2 Å². The summed E-state index contributed by atoms with van der Waals surface area (Å²) < 4.78 is 0. The quantitative estimate of drug-likeness (QED) is 0.754. The Kier molecular flexibility index (Phi) is 4.31. The molecular formula is C20H16ClN3O2. The number of nitrogens with zero attached hydrogens (tertiary/aromatic N) is 2. The molecule has 26 heavy (non-hydrogen) atoms. The van der Waals surface area contributed by atoms with Crippen molar-refractivity contribution in [3.63, 3.8) is 0 Å². The smallest absolute Gasteiger partial charge is 0.255 e. The Hall–Kier alpha value is -2.92. The highest BCUT2D eigenvalue weighted by atomic mass is 35.5. The molecule has 1 aliphatic rings. The molecule has 0 aliphatic carbocycles. The molecule has 1 saturated heterocycles. The van der Waals surface area contributed by atoms with Crippen LogP contribution in [0.25, 0.3) is 10.9 Å². The van der Waals surface area contributed by atoms with Gasteiger partial charge in [0, 0.05) is 40.8 Å². The van der Waals surface area contributed by atoms with Gasteiger partial charge in [-0.1, -0.05) is 17.7 Å². The van der Waals surface area contributed by atoms with Gasteiger partial charge in [0.2, 0.25) is 5.91 Å². The molecule has 2 amide bonds. The lowest BCUT2D eigenvalue weighted by atomic mass is 10.1. The van der Waals surface area contributed by atoms with Crippen LogP contribution >= 0.6 is 11.6 Å². The highest BCUT2D eigenvalue weighted by molar-refractivity contribution is 6.32. The maximum Gasteiger partial charge on any atom is 0.255 e. The number of hydrogen-bond donors (Lipinski definition) is 1. The summed E-state index contributed by atoms with van der Waals surface area (Å²) in [5, 5.41) is 4.26. The van der Waals surface area contributed by atoms with Gasteiger partial charge in [0.15, 0.2) is 0 Å². The highest BCUT2D eigenvalue weighted by Gasteiger charge is 2.21. The number of anilines is 2. The molecule has 2 heterocycles. The van der Waals surface area contributed by atoms with Gasteiger partial charge < -0.3 is 10.2 Å². The molecule has 0 atom stereocenters. The molecule has 0 bridgehead atoms. The van der Waals surface area contributed by atoms with Gasteiger partial charge in [-0.15, -0.1) is 0 Å². The van der Waals surface area contributed by atoms with Gasteiger partial charge in [0.25, 0.3) is 5.91 Å². The number of amides is 2. The monoisotopic (exact) mass is 365 g/mol. The molecule has 1 aromatic heterocycles. The summed E-state index contributed by atoms with van der Waals surface area (Å²) in [6.07, 6.45) is 3.13. The molecule has 2 aromatic carbocycles. The Bertz CT molecular complexity index is 1000. The number of hydrogen-bond acceptors (Lipinski definition) is 3. The van der Waals surface area contributed by atoms with Crippen LogP contribution in [0.5, 0.6) is 0 Å². The largest absolute Gasteiger partial charge is 0.320 e. The zero-order chi connectivity index (χ0) is 18.1. The summed E-state index contributed by atoms with van der Waals surface area (Å²) in [4.78, 5) is 30.5. The van der Waals surface area contributed by atoms with Crippen molar-refractivity contribution in [1.29, 1.82) is 0 Å². The van der Waals surface area contributed by atoms with Crippen molar-refractivity contribution in [2.45, 2.75) is 12.8 Å². The maximum absolute atomic E-state index is 12.6. The topological polar surface area (TPSA) is 62.3 Å². The Morgan fingerprint density at radius 1 is 1.15 bits per heavy atom. The summed E-state index contributed by atoms with van der Waals surface area (Å²) in [6, 6.07) is 14.2. The average Bonchev–Trinajstić information content (AvgIpc) is 3.07. The minimum Gasteiger partial charge on any atom is -0.320 e.